The van der Waals surface area contributed by atoms with Gasteiger partial charge in [0.1, 0.15) is 6.61 Å². The number of ether oxygens (including phenoxy) is 1. The molecule has 144 valence electrons. The van der Waals surface area contributed by atoms with Crippen LogP contribution in [0.4, 0.5) is 0 Å². The van der Waals surface area contributed by atoms with Crippen molar-refractivity contribution in [3.63, 3.8) is 0 Å². The van der Waals surface area contributed by atoms with E-state index in [1.54, 1.807) is 6.07 Å². The van der Waals surface area contributed by atoms with Gasteiger partial charge in [-0.1, -0.05) is 82.0 Å². The van der Waals surface area contributed by atoms with Crippen LogP contribution in [0.2, 0.25) is 0 Å². The number of hydrogen-bond acceptors (Lipinski definition) is 3. The number of carboxylic acids is 1. The third kappa shape index (κ3) is 5.95. The number of hydrogen-bond donors (Lipinski definition) is 1. The van der Waals surface area contributed by atoms with Crippen LogP contribution in [-0.2, 0) is 17.8 Å². The minimum atomic E-state index is -1.08. The third-order valence-electron chi connectivity index (χ3n) is 4.85. The van der Waals surface area contributed by atoms with Crippen LogP contribution in [-0.4, -0.2) is 17.0 Å². The fraction of sp³-hybridized carbons (Fsp3) is 0.391. The number of rotatable bonds is 10. The van der Waals surface area contributed by atoms with Crippen LogP contribution in [0, 0.1) is 5.92 Å². The van der Waals surface area contributed by atoms with Gasteiger partial charge >= 0.3 is 11.9 Å². The highest BCUT2D eigenvalue weighted by Crippen LogP contribution is 2.24. The average Bonchev–Trinajstić information content (AvgIpc) is 2.69. The lowest BCUT2D eigenvalue weighted by Crippen LogP contribution is -2.16. The highest BCUT2D eigenvalue weighted by molar-refractivity contribution is 6.03. The zero-order valence-corrected chi connectivity index (χ0v) is 16.1. The number of unbranched alkanes of at least 4 members (excludes halogenated alkanes) is 1. The summed E-state index contributed by atoms with van der Waals surface area (Å²) in [6, 6.07) is 14.4. The number of carbonyl (C=O) groups excluding carboxylic acids is 1. The van der Waals surface area contributed by atoms with Crippen molar-refractivity contribution in [2.45, 2.75) is 52.6 Å². The van der Waals surface area contributed by atoms with E-state index in [-0.39, 0.29) is 17.7 Å². The molecule has 0 spiro atoms. The van der Waals surface area contributed by atoms with Gasteiger partial charge in [-0.15, -0.1) is 0 Å². The van der Waals surface area contributed by atoms with E-state index in [1.165, 1.54) is 6.07 Å². The van der Waals surface area contributed by atoms with Gasteiger partial charge in [0.2, 0.25) is 0 Å². The molecule has 0 heterocycles. The summed E-state index contributed by atoms with van der Waals surface area (Å²) in [6.07, 6.45) is 4.96. The van der Waals surface area contributed by atoms with Crippen molar-refractivity contribution < 1.29 is 19.4 Å². The maximum atomic E-state index is 12.5. The van der Waals surface area contributed by atoms with Crippen LogP contribution in [0.25, 0.3) is 0 Å². The van der Waals surface area contributed by atoms with Gasteiger partial charge in [0.05, 0.1) is 11.1 Å². The lowest BCUT2D eigenvalue weighted by atomic mass is 9.88. The zero-order valence-electron chi connectivity index (χ0n) is 16.1. The molecule has 1 unspecified atom stereocenters. The molecule has 0 saturated heterocycles. The van der Waals surface area contributed by atoms with Gasteiger partial charge in [0, 0.05) is 0 Å². The molecule has 0 aromatic heterocycles. The zero-order chi connectivity index (χ0) is 19.6. The summed E-state index contributed by atoms with van der Waals surface area (Å²) in [5.41, 5.74) is 1.77. The Morgan fingerprint density at radius 2 is 1.78 bits per heavy atom. The standard InChI is InChI=1S/C23H28O4/c1-3-5-10-17(4-2)15-19-13-9-14-20(21(19)22(24)25)23(26)27-16-18-11-7-6-8-12-18/h6-9,11-14,17H,3-5,10,15-16H2,1-2H3,(H,24,25). The molecular weight excluding hydrogens is 340 g/mol. The lowest BCUT2D eigenvalue weighted by Gasteiger charge is -2.17. The smallest absolute Gasteiger partial charge is 0.339 e. The van der Waals surface area contributed by atoms with E-state index in [1.807, 2.05) is 36.4 Å². The lowest BCUT2D eigenvalue weighted by molar-refractivity contribution is 0.0463. The average molecular weight is 368 g/mol. The molecule has 1 atom stereocenters. The van der Waals surface area contributed by atoms with E-state index in [4.69, 9.17) is 4.74 Å². The minimum Gasteiger partial charge on any atom is -0.478 e. The third-order valence-corrected chi connectivity index (χ3v) is 4.85. The molecule has 2 aromatic rings. The highest BCUT2D eigenvalue weighted by Gasteiger charge is 2.22. The van der Waals surface area contributed by atoms with E-state index in [2.05, 4.69) is 13.8 Å². The summed E-state index contributed by atoms with van der Waals surface area (Å²) in [5, 5.41) is 9.73. The second kappa shape index (κ2) is 10.5. The van der Waals surface area contributed by atoms with Crippen LogP contribution >= 0.6 is 0 Å². The summed E-state index contributed by atoms with van der Waals surface area (Å²) in [5.74, 6) is -1.26. The van der Waals surface area contributed by atoms with Gasteiger partial charge in [-0.2, -0.15) is 0 Å². The van der Waals surface area contributed by atoms with Crippen molar-refractivity contribution in [2.75, 3.05) is 0 Å². The maximum absolute atomic E-state index is 12.5. The Hall–Kier alpha value is -2.62. The number of esters is 1. The van der Waals surface area contributed by atoms with E-state index >= 15 is 0 Å². The molecule has 0 saturated carbocycles. The SMILES string of the molecule is CCCCC(CC)Cc1cccc(C(=O)OCc2ccccc2)c1C(=O)O. The van der Waals surface area contributed by atoms with Crippen molar-refractivity contribution >= 4 is 11.9 Å². The summed E-state index contributed by atoms with van der Waals surface area (Å²) in [7, 11) is 0. The fourth-order valence-corrected chi connectivity index (χ4v) is 3.25. The molecule has 27 heavy (non-hydrogen) atoms. The Bertz CT molecular complexity index is 752. The van der Waals surface area contributed by atoms with E-state index in [0.717, 1.165) is 31.2 Å². The highest BCUT2D eigenvalue weighted by atomic mass is 16.5. The van der Waals surface area contributed by atoms with Crippen molar-refractivity contribution in [3.8, 4) is 0 Å². The molecule has 0 aliphatic rings. The second-order valence-corrected chi connectivity index (χ2v) is 6.83. The first-order valence-electron chi connectivity index (χ1n) is 9.63. The summed E-state index contributed by atoms with van der Waals surface area (Å²) in [4.78, 5) is 24.4. The van der Waals surface area contributed by atoms with Crippen LogP contribution in [0.5, 0.6) is 0 Å². The summed E-state index contributed by atoms with van der Waals surface area (Å²) < 4.78 is 5.35. The van der Waals surface area contributed by atoms with Gasteiger partial charge in [-0.3, -0.25) is 0 Å². The van der Waals surface area contributed by atoms with Crippen molar-refractivity contribution in [1.29, 1.82) is 0 Å². The molecule has 0 radical (unpaired) electrons. The molecule has 0 fully saturated rings. The molecule has 0 aliphatic carbocycles. The van der Waals surface area contributed by atoms with E-state index in [9.17, 15) is 14.7 Å². The monoisotopic (exact) mass is 368 g/mol. The first-order valence-corrected chi connectivity index (χ1v) is 9.63. The molecule has 2 rings (SSSR count). The topological polar surface area (TPSA) is 63.6 Å². The van der Waals surface area contributed by atoms with Crippen LogP contribution in [0.3, 0.4) is 0 Å². The predicted octanol–water partition coefficient (Wildman–Crippen LogP) is 5.50. The largest absolute Gasteiger partial charge is 0.478 e. The number of carboxylic acid groups (broad SMARTS) is 1. The maximum Gasteiger partial charge on any atom is 0.339 e. The van der Waals surface area contributed by atoms with Crippen LogP contribution in [0.15, 0.2) is 48.5 Å². The van der Waals surface area contributed by atoms with Crippen molar-refractivity contribution in [2.24, 2.45) is 5.92 Å². The van der Waals surface area contributed by atoms with E-state index in [0.29, 0.717) is 17.9 Å². The van der Waals surface area contributed by atoms with Crippen molar-refractivity contribution in [3.05, 3.63) is 70.8 Å². The normalized spacial score (nSPS) is 11.8. The first-order chi connectivity index (χ1) is 13.1. The Morgan fingerprint density at radius 3 is 2.41 bits per heavy atom. The molecule has 2 aromatic carbocycles. The number of carbonyl (C=O) groups is 2. The van der Waals surface area contributed by atoms with Crippen LogP contribution in [0.1, 0.15) is 71.4 Å². The van der Waals surface area contributed by atoms with Gasteiger partial charge in [0.15, 0.2) is 0 Å². The molecular formula is C23H28O4. The van der Waals surface area contributed by atoms with E-state index < -0.39 is 11.9 Å². The molecule has 0 bridgehead atoms. The first kappa shape index (κ1) is 20.7. The minimum absolute atomic E-state index is 0.0745. The number of benzene rings is 2. The molecule has 1 N–H and O–H groups in total. The Morgan fingerprint density at radius 1 is 1.04 bits per heavy atom. The van der Waals surface area contributed by atoms with Gasteiger partial charge in [0.25, 0.3) is 0 Å². The summed E-state index contributed by atoms with van der Waals surface area (Å²) >= 11 is 0. The Kier molecular flexibility index (Phi) is 8.05. The molecule has 4 nitrogen and oxygen atoms in total. The van der Waals surface area contributed by atoms with Gasteiger partial charge in [-0.25, -0.2) is 9.59 Å². The molecule has 4 heteroatoms. The predicted molar refractivity (Wildman–Crippen MR) is 106 cm³/mol. The van der Waals surface area contributed by atoms with Crippen molar-refractivity contribution in [1.82, 2.24) is 0 Å². The van der Waals surface area contributed by atoms with Crippen LogP contribution < -0.4 is 0 Å². The Balaban J connectivity index is 2.20. The Labute approximate surface area is 161 Å². The van der Waals surface area contributed by atoms with Gasteiger partial charge < -0.3 is 9.84 Å². The van der Waals surface area contributed by atoms with Gasteiger partial charge in [-0.05, 0) is 29.5 Å². The number of aromatic carboxylic acids is 1. The quantitative estimate of drug-likeness (QED) is 0.562. The molecule has 0 amide bonds. The second-order valence-electron chi connectivity index (χ2n) is 6.83. The molecule has 0 aliphatic heterocycles. The summed E-state index contributed by atoms with van der Waals surface area (Å²) in [6.45, 7) is 4.40. The fourth-order valence-electron chi connectivity index (χ4n) is 3.25.